The third-order valence-electron chi connectivity index (χ3n) is 4.58. The van der Waals surface area contributed by atoms with Gasteiger partial charge in [0.15, 0.2) is 0 Å². The number of halogens is 1. The van der Waals surface area contributed by atoms with Gasteiger partial charge in [-0.05, 0) is 36.2 Å². The van der Waals surface area contributed by atoms with Crippen LogP contribution in [-0.2, 0) is 13.1 Å². The SMILES string of the molecule is Cc1nn(-c2ccccc2)c(Cl)c1C(=O)NCc1cccc(Cn2cccn2)c1. The fraction of sp³-hybridized carbons (Fsp3) is 0.136. The average molecular weight is 406 g/mol. The summed E-state index contributed by atoms with van der Waals surface area (Å²) in [7, 11) is 0. The molecule has 0 saturated heterocycles. The van der Waals surface area contributed by atoms with Crippen LogP contribution < -0.4 is 5.32 Å². The highest BCUT2D eigenvalue weighted by atomic mass is 35.5. The van der Waals surface area contributed by atoms with Crippen LogP contribution in [0, 0.1) is 6.92 Å². The molecular formula is C22H20ClN5O. The molecule has 0 unspecified atom stereocenters. The Morgan fingerprint density at radius 1 is 1.07 bits per heavy atom. The lowest BCUT2D eigenvalue weighted by Gasteiger charge is -2.08. The highest BCUT2D eigenvalue weighted by Crippen LogP contribution is 2.23. The van der Waals surface area contributed by atoms with Crippen LogP contribution in [0.4, 0.5) is 0 Å². The van der Waals surface area contributed by atoms with Crippen molar-refractivity contribution >= 4 is 17.5 Å². The maximum atomic E-state index is 12.8. The standard InChI is InChI=1S/C22H20ClN5O/c1-16-20(21(23)28(26-16)19-9-3-2-4-10-19)22(29)24-14-17-7-5-8-18(13-17)15-27-12-6-11-25-27/h2-13H,14-15H2,1H3,(H,24,29). The van der Waals surface area contributed by atoms with Crippen LogP contribution in [0.1, 0.15) is 27.2 Å². The molecule has 4 aromatic rings. The second-order valence-corrected chi connectivity index (χ2v) is 7.06. The number of amides is 1. The molecule has 0 aliphatic rings. The molecule has 6 nitrogen and oxygen atoms in total. The first-order chi connectivity index (χ1) is 14.1. The molecule has 0 radical (unpaired) electrons. The summed E-state index contributed by atoms with van der Waals surface area (Å²) >= 11 is 6.48. The number of para-hydroxylation sites is 1. The minimum Gasteiger partial charge on any atom is -0.348 e. The molecule has 2 heterocycles. The maximum Gasteiger partial charge on any atom is 0.256 e. The molecule has 0 atom stereocenters. The highest BCUT2D eigenvalue weighted by molar-refractivity contribution is 6.33. The number of rotatable bonds is 6. The van der Waals surface area contributed by atoms with Crippen molar-refractivity contribution in [3.05, 3.63) is 101 Å². The van der Waals surface area contributed by atoms with Gasteiger partial charge < -0.3 is 5.32 Å². The third-order valence-corrected chi connectivity index (χ3v) is 4.93. The van der Waals surface area contributed by atoms with E-state index in [1.165, 1.54) is 0 Å². The maximum absolute atomic E-state index is 12.8. The van der Waals surface area contributed by atoms with Gasteiger partial charge in [-0.15, -0.1) is 0 Å². The van der Waals surface area contributed by atoms with Gasteiger partial charge in [-0.1, -0.05) is 54.1 Å². The zero-order valence-corrected chi connectivity index (χ0v) is 16.7. The summed E-state index contributed by atoms with van der Waals surface area (Å²) in [4.78, 5) is 12.8. The van der Waals surface area contributed by atoms with E-state index in [1.54, 1.807) is 17.8 Å². The van der Waals surface area contributed by atoms with Crippen LogP contribution >= 0.6 is 11.6 Å². The topological polar surface area (TPSA) is 64.7 Å². The Labute approximate surface area is 173 Å². The van der Waals surface area contributed by atoms with Crippen LogP contribution in [0.25, 0.3) is 5.69 Å². The van der Waals surface area contributed by atoms with E-state index in [2.05, 4.69) is 21.6 Å². The zero-order valence-electron chi connectivity index (χ0n) is 15.9. The molecule has 2 aromatic heterocycles. The Morgan fingerprint density at radius 3 is 2.62 bits per heavy atom. The van der Waals surface area contributed by atoms with Crippen LogP contribution in [0.2, 0.25) is 5.15 Å². The fourth-order valence-electron chi connectivity index (χ4n) is 3.19. The molecule has 0 aliphatic carbocycles. The number of carbonyl (C=O) groups is 1. The molecule has 1 N–H and O–H groups in total. The Bertz CT molecular complexity index is 1120. The zero-order chi connectivity index (χ0) is 20.2. The molecule has 29 heavy (non-hydrogen) atoms. The predicted molar refractivity (Wildman–Crippen MR) is 112 cm³/mol. The lowest BCUT2D eigenvalue weighted by Crippen LogP contribution is -2.23. The summed E-state index contributed by atoms with van der Waals surface area (Å²) in [5.41, 5.74) is 3.91. The van der Waals surface area contributed by atoms with Crippen molar-refractivity contribution < 1.29 is 4.79 Å². The number of hydrogen-bond acceptors (Lipinski definition) is 3. The summed E-state index contributed by atoms with van der Waals surface area (Å²) in [5.74, 6) is -0.243. The van der Waals surface area contributed by atoms with E-state index >= 15 is 0 Å². The second kappa shape index (κ2) is 8.32. The lowest BCUT2D eigenvalue weighted by atomic mass is 10.1. The molecule has 7 heteroatoms. The molecule has 1 amide bonds. The van der Waals surface area contributed by atoms with Crippen LogP contribution in [0.3, 0.4) is 0 Å². The largest absolute Gasteiger partial charge is 0.348 e. The minimum atomic E-state index is -0.243. The Kier molecular flexibility index (Phi) is 5.44. The molecule has 146 valence electrons. The van der Waals surface area contributed by atoms with Crippen molar-refractivity contribution in [3.8, 4) is 5.69 Å². The van der Waals surface area contributed by atoms with Gasteiger partial charge in [0, 0.05) is 18.9 Å². The van der Waals surface area contributed by atoms with Crippen molar-refractivity contribution in [3.63, 3.8) is 0 Å². The van der Waals surface area contributed by atoms with Crippen molar-refractivity contribution in [1.82, 2.24) is 24.9 Å². The lowest BCUT2D eigenvalue weighted by molar-refractivity contribution is 0.0950. The van der Waals surface area contributed by atoms with E-state index in [9.17, 15) is 4.79 Å². The molecule has 0 fully saturated rings. The van der Waals surface area contributed by atoms with E-state index < -0.39 is 0 Å². The Balaban J connectivity index is 1.47. The van der Waals surface area contributed by atoms with Gasteiger partial charge in [-0.3, -0.25) is 9.48 Å². The summed E-state index contributed by atoms with van der Waals surface area (Å²) < 4.78 is 3.44. The fourth-order valence-corrected chi connectivity index (χ4v) is 3.55. The summed E-state index contributed by atoms with van der Waals surface area (Å²) in [5, 5.41) is 11.9. The summed E-state index contributed by atoms with van der Waals surface area (Å²) in [6, 6.07) is 19.5. The molecule has 0 aliphatic heterocycles. The number of benzene rings is 2. The number of aryl methyl sites for hydroxylation is 1. The molecule has 0 spiro atoms. The monoisotopic (exact) mass is 405 g/mol. The van der Waals surface area contributed by atoms with Crippen molar-refractivity contribution in [2.45, 2.75) is 20.0 Å². The van der Waals surface area contributed by atoms with Crippen molar-refractivity contribution in [1.29, 1.82) is 0 Å². The first-order valence-electron chi connectivity index (χ1n) is 9.26. The van der Waals surface area contributed by atoms with Crippen LogP contribution in [-0.4, -0.2) is 25.5 Å². The number of hydrogen-bond donors (Lipinski definition) is 1. The Hall–Kier alpha value is -3.38. The van der Waals surface area contributed by atoms with E-state index in [4.69, 9.17) is 11.6 Å². The van der Waals surface area contributed by atoms with Gasteiger partial charge in [0.25, 0.3) is 5.91 Å². The van der Waals surface area contributed by atoms with Gasteiger partial charge in [-0.2, -0.15) is 10.2 Å². The minimum absolute atomic E-state index is 0.243. The predicted octanol–water partition coefficient (Wildman–Crippen LogP) is 4.01. The van der Waals surface area contributed by atoms with Gasteiger partial charge in [0.1, 0.15) is 5.15 Å². The summed E-state index contributed by atoms with van der Waals surface area (Å²) in [6.45, 7) is 2.87. The molecule has 4 rings (SSSR count). The van der Waals surface area contributed by atoms with Crippen LogP contribution in [0.15, 0.2) is 73.1 Å². The van der Waals surface area contributed by atoms with Gasteiger partial charge in [-0.25, -0.2) is 4.68 Å². The first-order valence-corrected chi connectivity index (χ1v) is 9.63. The third kappa shape index (κ3) is 4.22. The van der Waals surface area contributed by atoms with E-state index in [-0.39, 0.29) is 5.91 Å². The second-order valence-electron chi connectivity index (χ2n) is 6.70. The average Bonchev–Trinajstić information content (AvgIpc) is 3.34. The Morgan fingerprint density at radius 2 is 1.86 bits per heavy atom. The highest BCUT2D eigenvalue weighted by Gasteiger charge is 2.20. The first kappa shape index (κ1) is 19.0. The number of nitrogens with one attached hydrogen (secondary N) is 1. The van der Waals surface area contributed by atoms with Crippen LogP contribution in [0.5, 0.6) is 0 Å². The van der Waals surface area contributed by atoms with E-state index in [0.717, 1.165) is 16.8 Å². The number of nitrogens with zero attached hydrogens (tertiary/aromatic N) is 4. The van der Waals surface area contributed by atoms with Gasteiger partial charge >= 0.3 is 0 Å². The smallest absolute Gasteiger partial charge is 0.256 e. The van der Waals surface area contributed by atoms with Crippen molar-refractivity contribution in [2.75, 3.05) is 0 Å². The molecule has 2 aromatic carbocycles. The van der Waals surface area contributed by atoms with Gasteiger partial charge in [0.2, 0.25) is 0 Å². The van der Waals surface area contributed by atoms with Gasteiger partial charge in [0.05, 0.1) is 23.5 Å². The number of carbonyl (C=O) groups excluding carboxylic acids is 1. The molecular weight excluding hydrogens is 386 g/mol. The number of aromatic nitrogens is 4. The summed E-state index contributed by atoms with van der Waals surface area (Å²) in [6.07, 6.45) is 3.68. The van der Waals surface area contributed by atoms with Crippen molar-refractivity contribution in [2.24, 2.45) is 0 Å². The quantitative estimate of drug-likeness (QED) is 0.527. The van der Waals surface area contributed by atoms with E-state index in [0.29, 0.717) is 29.5 Å². The molecule has 0 bridgehead atoms. The van der Waals surface area contributed by atoms with E-state index in [1.807, 2.05) is 65.5 Å². The molecule has 0 saturated carbocycles. The normalized spacial score (nSPS) is 10.8.